The molecule has 0 saturated carbocycles. The lowest BCUT2D eigenvalue weighted by Crippen LogP contribution is -2.29. The first-order valence-corrected chi connectivity index (χ1v) is 10.6. The number of anilines is 1. The van der Waals surface area contributed by atoms with Crippen molar-refractivity contribution < 1.29 is 9.59 Å². The maximum absolute atomic E-state index is 13.4. The van der Waals surface area contributed by atoms with Gasteiger partial charge in [-0.05, 0) is 45.4 Å². The van der Waals surface area contributed by atoms with Crippen LogP contribution in [0.4, 0.5) is 5.69 Å². The van der Waals surface area contributed by atoms with Crippen LogP contribution in [-0.2, 0) is 9.59 Å². The van der Waals surface area contributed by atoms with Crippen molar-refractivity contribution in [1.82, 2.24) is 4.98 Å². The highest BCUT2D eigenvalue weighted by Gasteiger charge is 2.42. The molecule has 1 fully saturated rings. The fraction of sp³-hybridized carbons (Fsp3) is 0.160. The zero-order valence-electron chi connectivity index (χ0n) is 17.4. The number of nitrogens with zero attached hydrogens (tertiary/aromatic N) is 2. The van der Waals surface area contributed by atoms with Gasteiger partial charge in [0.15, 0.2) is 0 Å². The van der Waals surface area contributed by atoms with Gasteiger partial charge in [0.2, 0.25) is 0 Å². The molecule has 1 aliphatic heterocycles. The molecule has 0 atom stereocenters. The van der Waals surface area contributed by atoms with Crippen LogP contribution in [0.25, 0.3) is 16.1 Å². The molecule has 0 unspecified atom stereocenters. The number of aryl methyl sites for hydroxylation is 1. The zero-order chi connectivity index (χ0) is 21.4. The summed E-state index contributed by atoms with van der Waals surface area (Å²) in [7, 11) is 0. The summed E-state index contributed by atoms with van der Waals surface area (Å²) in [6.07, 6.45) is 0. The van der Waals surface area contributed by atoms with Gasteiger partial charge in [0.1, 0.15) is 5.01 Å². The van der Waals surface area contributed by atoms with E-state index in [4.69, 9.17) is 4.98 Å². The number of rotatable bonds is 3. The minimum absolute atomic E-state index is 0.281. The molecule has 0 aliphatic carbocycles. The van der Waals surface area contributed by atoms with Crippen LogP contribution in [0.1, 0.15) is 31.3 Å². The molecule has 4 rings (SSSR count). The Hall–Kier alpha value is -3.31. The Bertz CT molecular complexity index is 1200. The number of hydrogen-bond acceptors (Lipinski definition) is 4. The molecule has 30 heavy (non-hydrogen) atoms. The number of amides is 2. The smallest absolute Gasteiger partial charge is 0.266 e. The summed E-state index contributed by atoms with van der Waals surface area (Å²) in [5, 5.41) is 0.901. The summed E-state index contributed by atoms with van der Waals surface area (Å²) < 4.78 is 0. The summed E-state index contributed by atoms with van der Waals surface area (Å²) >= 11 is 1.59. The van der Waals surface area contributed by atoms with Crippen molar-refractivity contribution in [3.8, 4) is 10.6 Å². The molecule has 1 saturated heterocycles. The molecule has 4 nitrogen and oxygen atoms in total. The molecule has 2 heterocycles. The SMILES string of the molecule is CC(C)=C1C(=O)N(c2ccccc2)C(=O)/C1=C(/C)c1nc(-c2ccccc2)sc1C. The molecule has 2 aromatic carbocycles. The van der Waals surface area contributed by atoms with E-state index in [0.29, 0.717) is 16.8 Å². The topological polar surface area (TPSA) is 50.3 Å². The number of hydrogen-bond donors (Lipinski definition) is 0. The highest BCUT2D eigenvalue weighted by atomic mass is 32.1. The van der Waals surface area contributed by atoms with Gasteiger partial charge < -0.3 is 0 Å². The highest BCUT2D eigenvalue weighted by molar-refractivity contribution is 7.15. The summed E-state index contributed by atoms with van der Waals surface area (Å²) in [5.41, 5.74) is 4.85. The Balaban J connectivity index is 1.87. The van der Waals surface area contributed by atoms with E-state index >= 15 is 0 Å². The first kappa shape index (κ1) is 20.0. The first-order chi connectivity index (χ1) is 14.4. The zero-order valence-corrected chi connectivity index (χ0v) is 18.2. The lowest BCUT2D eigenvalue weighted by atomic mass is 9.97. The van der Waals surface area contributed by atoms with Gasteiger partial charge in [0.25, 0.3) is 11.8 Å². The Morgan fingerprint density at radius 1 is 0.833 bits per heavy atom. The van der Waals surface area contributed by atoms with Gasteiger partial charge in [0.05, 0.1) is 22.5 Å². The van der Waals surface area contributed by atoms with Gasteiger partial charge in [0, 0.05) is 10.4 Å². The number of imide groups is 1. The first-order valence-electron chi connectivity index (χ1n) is 9.76. The highest BCUT2D eigenvalue weighted by Crippen LogP contribution is 2.39. The van der Waals surface area contributed by atoms with E-state index in [1.54, 1.807) is 23.5 Å². The Kier molecular flexibility index (Phi) is 5.22. The van der Waals surface area contributed by atoms with Crippen molar-refractivity contribution in [2.24, 2.45) is 0 Å². The molecule has 2 amide bonds. The molecule has 150 valence electrons. The van der Waals surface area contributed by atoms with Crippen molar-refractivity contribution >= 4 is 34.4 Å². The molecule has 0 bridgehead atoms. The van der Waals surface area contributed by atoms with Crippen molar-refractivity contribution in [3.05, 3.63) is 88.0 Å². The molecule has 0 radical (unpaired) electrons. The van der Waals surface area contributed by atoms with Crippen molar-refractivity contribution in [3.63, 3.8) is 0 Å². The third kappa shape index (κ3) is 3.31. The van der Waals surface area contributed by atoms with E-state index < -0.39 is 0 Å². The summed E-state index contributed by atoms with van der Waals surface area (Å²) in [6, 6.07) is 19.0. The lowest BCUT2D eigenvalue weighted by Gasteiger charge is -2.12. The Morgan fingerprint density at radius 2 is 1.40 bits per heavy atom. The van der Waals surface area contributed by atoms with E-state index in [-0.39, 0.29) is 11.8 Å². The molecule has 3 aromatic rings. The number of carbonyl (C=O) groups is 2. The van der Waals surface area contributed by atoms with Crippen LogP contribution in [0.5, 0.6) is 0 Å². The fourth-order valence-electron chi connectivity index (χ4n) is 3.72. The van der Waals surface area contributed by atoms with Gasteiger partial charge in [-0.2, -0.15) is 0 Å². The van der Waals surface area contributed by atoms with Gasteiger partial charge in [-0.3, -0.25) is 9.59 Å². The predicted molar refractivity (Wildman–Crippen MR) is 122 cm³/mol. The normalized spacial score (nSPS) is 15.7. The van der Waals surface area contributed by atoms with E-state index in [9.17, 15) is 9.59 Å². The number of carbonyl (C=O) groups excluding carboxylic acids is 2. The average molecular weight is 415 g/mol. The van der Waals surface area contributed by atoms with Crippen LogP contribution < -0.4 is 4.90 Å². The van der Waals surface area contributed by atoms with E-state index in [1.165, 1.54) is 4.90 Å². The third-order valence-electron chi connectivity index (χ3n) is 5.15. The fourth-order valence-corrected chi connectivity index (χ4v) is 4.70. The lowest BCUT2D eigenvalue weighted by molar-refractivity contribution is -0.119. The van der Waals surface area contributed by atoms with Crippen LogP contribution in [0.3, 0.4) is 0 Å². The number of benzene rings is 2. The minimum atomic E-state index is -0.298. The monoisotopic (exact) mass is 414 g/mol. The van der Waals surface area contributed by atoms with Crippen LogP contribution in [0, 0.1) is 6.92 Å². The maximum atomic E-state index is 13.4. The Morgan fingerprint density at radius 3 is 2.00 bits per heavy atom. The van der Waals surface area contributed by atoms with E-state index in [1.807, 2.05) is 76.2 Å². The summed E-state index contributed by atoms with van der Waals surface area (Å²) in [5.74, 6) is -0.578. The molecular formula is C25H22N2O2S. The number of para-hydroxylation sites is 1. The van der Waals surface area contributed by atoms with Crippen LogP contribution in [0.15, 0.2) is 77.4 Å². The predicted octanol–water partition coefficient (Wildman–Crippen LogP) is 5.80. The van der Waals surface area contributed by atoms with Crippen molar-refractivity contribution in [2.45, 2.75) is 27.7 Å². The number of aromatic nitrogens is 1. The van der Waals surface area contributed by atoms with Gasteiger partial charge in [-0.1, -0.05) is 54.1 Å². The van der Waals surface area contributed by atoms with Gasteiger partial charge in [-0.15, -0.1) is 11.3 Å². The van der Waals surface area contributed by atoms with Crippen molar-refractivity contribution in [2.75, 3.05) is 4.90 Å². The second kappa shape index (κ2) is 7.84. The van der Waals surface area contributed by atoms with Gasteiger partial charge in [-0.25, -0.2) is 9.88 Å². The maximum Gasteiger partial charge on any atom is 0.266 e. The second-order valence-electron chi connectivity index (χ2n) is 7.45. The second-order valence-corrected chi connectivity index (χ2v) is 8.65. The number of thiazole rings is 1. The van der Waals surface area contributed by atoms with Crippen LogP contribution in [-0.4, -0.2) is 16.8 Å². The van der Waals surface area contributed by atoms with Crippen molar-refractivity contribution in [1.29, 1.82) is 0 Å². The molecular weight excluding hydrogens is 392 g/mol. The quantitative estimate of drug-likeness (QED) is 0.402. The van der Waals surface area contributed by atoms with E-state index in [0.717, 1.165) is 32.3 Å². The minimum Gasteiger partial charge on any atom is -0.268 e. The molecule has 0 N–H and O–H groups in total. The van der Waals surface area contributed by atoms with Crippen LogP contribution in [0.2, 0.25) is 0 Å². The summed E-state index contributed by atoms with van der Waals surface area (Å²) in [4.78, 5) is 33.7. The molecule has 1 aliphatic rings. The largest absolute Gasteiger partial charge is 0.268 e. The number of allylic oxidation sites excluding steroid dienone is 2. The van der Waals surface area contributed by atoms with Gasteiger partial charge >= 0.3 is 0 Å². The molecule has 5 heteroatoms. The summed E-state index contributed by atoms with van der Waals surface area (Å²) in [6.45, 7) is 7.62. The standard InChI is InChI=1S/C25H22N2O2S/c1-15(2)20-21(25(29)27(24(20)28)19-13-9-6-10-14-19)16(3)22-17(4)30-23(26-22)18-11-7-5-8-12-18/h5-14H,1-4H3/b21-16-. The third-order valence-corrected chi connectivity index (χ3v) is 6.17. The molecule has 0 spiro atoms. The van der Waals surface area contributed by atoms with Crippen LogP contribution >= 0.6 is 11.3 Å². The average Bonchev–Trinajstić information content (AvgIpc) is 3.26. The molecule has 1 aromatic heterocycles. The van der Waals surface area contributed by atoms with E-state index in [2.05, 4.69) is 0 Å². The Labute approximate surface area is 180 Å².